The van der Waals surface area contributed by atoms with Gasteiger partial charge in [-0.3, -0.25) is 9.59 Å². The van der Waals surface area contributed by atoms with Gasteiger partial charge in [-0.2, -0.15) is 0 Å². The van der Waals surface area contributed by atoms with Crippen molar-refractivity contribution in [1.82, 2.24) is 5.32 Å². The SMILES string of the molecule is CC(N)CC(=O)NCc1ccc(NC(=O)c2ccco2)cc1.Cl. The van der Waals surface area contributed by atoms with Crippen molar-refractivity contribution in [1.29, 1.82) is 0 Å². The molecule has 0 saturated carbocycles. The van der Waals surface area contributed by atoms with Crippen molar-refractivity contribution in [3.8, 4) is 0 Å². The Hall–Kier alpha value is -2.31. The highest BCUT2D eigenvalue weighted by molar-refractivity contribution is 6.02. The molecule has 0 aliphatic heterocycles. The zero-order chi connectivity index (χ0) is 15.9. The average molecular weight is 338 g/mol. The molecule has 2 amide bonds. The summed E-state index contributed by atoms with van der Waals surface area (Å²) in [7, 11) is 0. The summed E-state index contributed by atoms with van der Waals surface area (Å²) < 4.78 is 5.02. The zero-order valence-corrected chi connectivity index (χ0v) is 13.6. The van der Waals surface area contributed by atoms with Gasteiger partial charge in [0.1, 0.15) is 0 Å². The van der Waals surface area contributed by atoms with Crippen LogP contribution in [0.1, 0.15) is 29.5 Å². The first-order chi connectivity index (χ1) is 10.5. The van der Waals surface area contributed by atoms with Crippen molar-refractivity contribution in [3.63, 3.8) is 0 Å². The minimum atomic E-state index is -0.303. The number of furan rings is 1. The molecule has 1 aromatic carbocycles. The molecular formula is C16H20ClN3O3. The van der Waals surface area contributed by atoms with Crippen LogP contribution in [0.4, 0.5) is 5.69 Å². The van der Waals surface area contributed by atoms with E-state index in [2.05, 4.69) is 10.6 Å². The number of carbonyl (C=O) groups excluding carboxylic acids is 2. The largest absolute Gasteiger partial charge is 0.459 e. The van der Waals surface area contributed by atoms with Crippen molar-refractivity contribution in [2.45, 2.75) is 25.9 Å². The smallest absolute Gasteiger partial charge is 0.291 e. The molecular weight excluding hydrogens is 318 g/mol. The molecule has 4 N–H and O–H groups in total. The molecule has 23 heavy (non-hydrogen) atoms. The number of nitrogens with one attached hydrogen (secondary N) is 2. The first kappa shape index (κ1) is 18.7. The molecule has 0 bridgehead atoms. The summed E-state index contributed by atoms with van der Waals surface area (Å²) in [5.74, 6) is -0.125. The van der Waals surface area contributed by atoms with E-state index in [0.29, 0.717) is 18.7 Å². The molecule has 0 aliphatic carbocycles. The average Bonchev–Trinajstić information content (AvgIpc) is 3.00. The Morgan fingerprint density at radius 3 is 2.48 bits per heavy atom. The van der Waals surface area contributed by atoms with Gasteiger partial charge in [0, 0.05) is 24.7 Å². The van der Waals surface area contributed by atoms with E-state index in [1.807, 2.05) is 12.1 Å². The quantitative estimate of drug-likeness (QED) is 0.753. The molecule has 124 valence electrons. The van der Waals surface area contributed by atoms with Crippen molar-refractivity contribution < 1.29 is 14.0 Å². The molecule has 1 atom stereocenters. The fraction of sp³-hybridized carbons (Fsp3) is 0.250. The maximum absolute atomic E-state index is 11.8. The molecule has 1 aromatic heterocycles. The predicted molar refractivity (Wildman–Crippen MR) is 90.5 cm³/mol. The second-order valence-electron chi connectivity index (χ2n) is 5.09. The van der Waals surface area contributed by atoms with E-state index >= 15 is 0 Å². The first-order valence-corrected chi connectivity index (χ1v) is 7.00. The lowest BCUT2D eigenvalue weighted by Crippen LogP contribution is -2.29. The van der Waals surface area contributed by atoms with Gasteiger partial charge in [0.15, 0.2) is 5.76 Å². The van der Waals surface area contributed by atoms with Crippen molar-refractivity contribution in [2.75, 3.05) is 5.32 Å². The molecule has 6 nitrogen and oxygen atoms in total. The number of carbonyl (C=O) groups is 2. The van der Waals surface area contributed by atoms with E-state index in [1.165, 1.54) is 6.26 Å². The maximum atomic E-state index is 11.8. The molecule has 2 rings (SSSR count). The molecule has 0 spiro atoms. The Morgan fingerprint density at radius 2 is 1.91 bits per heavy atom. The van der Waals surface area contributed by atoms with Crippen LogP contribution in [0.25, 0.3) is 0 Å². The third kappa shape index (κ3) is 6.14. The normalized spacial score (nSPS) is 11.2. The topological polar surface area (TPSA) is 97.4 Å². The molecule has 0 aliphatic rings. The molecule has 0 fully saturated rings. The molecule has 0 saturated heterocycles. The van der Waals surface area contributed by atoms with Crippen LogP contribution in [0.5, 0.6) is 0 Å². The highest BCUT2D eigenvalue weighted by Gasteiger charge is 2.08. The van der Waals surface area contributed by atoms with Crippen molar-refractivity contribution in [3.05, 3.63) is 54.0 Å². The van der Waals surface area contributed by atoms with E-state index in [-0.39, 0.29) is 36.0 Å². The Labute approximate surface area is 140 Å². The van der Waals surface area contributed by atoms with Crippen LogP contribution >= 0.6 is 12.4 Å². The van der Waals surface area contributed by atoms with Gasteiger partial charge in [-0.05, 0) is 36.8 Å². The fourth-order valence-electron chi connectivity index (χ4n) is 1.87. The number of hydrogen-bond donors (Lipinski definition) is 3. The number of nitrogens with two attached hydrogens (primary N) is 1. The second-order valence-corrected chi connectivity index (χ2v) is 5.09. The minimum Gasteiger partial charge on any atom is -0.459 e. The lowest BCUT2D eigenvalue weighted by atomic mass is 10.2. The van der Waals surface area contributed by atoms with E-state index in [9.17, 15) is 9.59 Å². The van der Waals surface area contributed by atoms with Gasteiger partial charge in [0.2, 0.25) is 5.91 Å². The standard InChI is InChI=1S/C16H19N3O3.ClH/c1-11(17)9-15(20)18-10-12-4-6-13(7-5-12)19-16(21)14-3-2-8-22-14;/h2-8,11H,9-10,17H2,1H3,(H,18,20)(H,19,21);1H. The molecule has 7 heteroatoms. The van der Waals surface area contributed by atoms with E-state index < -0.39 is 0 Å². The molecule has 1 unspecified atom stereocenters. The van der Waals surface area contributed by atoms with Crippen molar-refractivity contribution in [2.24, 2.45) is 5.73 Å². The van der Waals surface area contributed by atoms with E-state index in [0.717, 1.165) is 5.56 Å². The van der Waals surface area contributed by atoms with E-state index in [4.69, 9.17) is 10.2 Å². The summed E-state index contributed by atoms with van der Waals surface area (Å²) in [4.78, 5) is 23.3. The van der Waals surface area contributed by atoms with Crippen LogP contribution in [0.3, 0.4) is 0 Å². The van der Waals surface area contributed by atoms with Gasteiger partial charge in [0.25, 0.3) is 5.91 Å². The van der Waals surface area contributed by atoms with Crippen LogP contribution in [0.2, 0.25) is 0 Å². The molecule has 2 aromatic rings. The van der Waals surface area contributed by atoms with Gasteiger partial charge >= 0.3 is 0 Å². The third-order valence-corrected chi connectivity index (χ3v) is 2.95. The maximum Gasteiger partial charge on any atom is 0.291 e. The number of halogens is 1. The van der Waals surface area contributed by atoms with Crippen molar-refractivity contribution >= 4 is 29.9 Å². The lowest BCUT2D eigenvalue weighted by molar-refractivity contribution is -0.121. The van der Waals surface area contributed by atoms with Gasteiger partial charge in [-0.15, -0.1) is 12.4 Å². The van der Waals surface area contributed by atoms with Gasteiger partial charge in [0.05, 0.1) is 6.26 Å². The number of benzene rings is 1. The monoisotopic (exact) mass is 337 g/mol. The van der Waals surface area contributed by atoms with Crippen LogP contribution in [0.15, 0.2) is 47.1 Å². The van der Waals surface area contributed by atoms with Crippen LogP contribution < -0.4 is 16.4 Å². The van der Waals surface area contributed by atoms with Gasteiger partial charge in [-0.1, -0.05) is 12.1 Å². The van der Waals surface area contributed by atoms with Crippen LogP contribution in [0, 0.1) is 0 Å². The highest BCUT2D eigenvalue weighted by Crippen LogP contribution is 2.11. The second kappa shape index (κ2) is 8.97. The highest BCUT2D eigenvalue weighted by atomic mass is 35.5. The number of amides is 2. The zero-order valence-electron chi connectivity index (χ0n) is 12.7. The van der Waals surface area contributed by atoms with Crippen LogP contribution in [-0.2, 0) is 11.3 Å². The minimum absolute atomic E-state index is 0. The summed E-state index contributed by atoms with van der Waals surface area (Å²) in [6, 6.07) is 10.3. The Balaban J connectivity index is 0.00000264. The number of hydrogen-bond acceptors (Lipinski definition) is 4. The molecule has 0 radical (unpaired) electrons. The molecule has 1 heterocycles. The Morgan fingerprint density at radius 1 is 1.22 bits per heavy atom. The summed E-state index contributed by atoms with van der Waals surface area (Å²) in [5.41, 5.74) is 7.16. The Kier molecular flexibility index (Phi) is 7.31. The van der Waals surface area contributed by atoms with E-state index in [1.54, 1.807) is 31.2 Å². The Bertz CT molecular complexity index is 625. The fourth-order valence-corrected chi connectivity index (χ4v) is 1.87. The third-order valence-electron chi connectivity index (χ3n) is 2.95. The van der Waals surface area contributed by atoms with Gasteiger partial charge < -0.3 is 20.8 Å². The van der Waals surface area contributed by atoms with Gasteiger partial charge in [-0.25, -0.2) is 0 Å². The summed E-state index contributed by atoms with van der Waals surface area (Å²) in [6.45, 7) is 2.22. The summed E-state index contributed by atoms with van der Waals surface area (Å²) in [6.07, 6.45) is 1.75. The van der Waals surface area contributed by atoms with Crippen LogP contribution in [-0.4, -0.2) is 17.9 Å². The first-order valence-electron chi connectivity index (χ1n) is 7.00. The number of rotatable bonds is 6. The number of anilines is 1. The summed E-state index contributed by atoms with van der Waals surface area (Å²) in [5, 5.41) is 5.52. The summed E-state index contributed by atoms with van der Waals surface area (Å²) >= 11 is 0. The lowest BCUT2D eigenvalue weighted by Gasteiger charge is -2.08. The predicted octanol–water partition coefficient (Wildman–Crippen LogP) is 2.31.